The molecule has 0 spiro atoms. The Morgan fingerprint density at radius 1 is 1.03 bits per heavy atom. The van der Waals surface area contributed by atoms with E-state index in [0.717, 1.165) is 43.2 Å². The molecule has 1 unspecified atom stereocenters. The first-order chi connectivity index (χ1) is 15.8. The molecule has 1 fully saturated rings. The van der Waals surface area contributed by atoms with Gasteiger partial charge in [0.25, 0.3) is 0 Å². The maximum Gasteiger partial charge on any atom is 0.389 e. The van der Waals surface area contributed by atoms with Gasteiger partial charge in [0.05, 0.1) is 6.42 Å². The summed E-state index contributed by atoms with van der Waals surface area (Å²) in [4.78, 5) is 17.1. The van der Waals surface area contributed by atoms with E-state index in [9.17, 15) is 18.0 Å². The first kappa shape index (κ1) is 25.1. The highest BCUT2D eigenvalue weighted by molar-refractivity contribution is 8.01. The number of carbonyl (C=O) groups excluding carboxylic acids is 1. The SMILES string of the molecule is N/C(=N\C(SC1CCCCC1)C(=O)CCC(F)(F)F)c1cccc(/C=C\c2ccccc2)c1. The fourth-order valence-corrected chi connectivity index (χ4v) is 5.12. The molecule has 2 N–H and O–H groups in total. The van der Waals surface area contributed by atoms with Gasteiger partial charge in [0, 0.05) is 17.2 Å². The van der Waals surface area contributed by atoms with Crippen LogP contribution in [0, 0.1) is 0 Å². The maximum atomic E-state index is 12.7. The van der Waals surface area contributed by atoms with Crippen molar-refractivity contribution in [2.75, 3.05) is 0 Å². The number of alkyl halides is 3. The van der Waals surface area contributed by atoms with E-state index in [2.05, 4.69) is 4.99 Å². The second kappa shape index (κ2) is 12.1. The number of Topliss-reactive ketones (excluding diaryl/α,β-unsaturated/α-hetero) is 1. The molecule has 0 heterocycles. The summed E-state index contributed by atoms with van der Waals surface area (Å²) in [7, 11) is 0. The average molecular weight is 475 g/mol. The summed E-state index contributed by atoms with van der Waals surface area (Å²) >= 11 is 1.36. The smallest absolute Gasteiger partial charge is 0.383 e. The highest BCUT2D eigenvalue weighted by Gasteiger charge is 2.31. The molecular weight excluding hydrogens is 445 g/mol. The molecule has 176 valence electrons. The van der Waals surface area contributed by atoms with Crippen LogP contribution < -0.4 is 5.73 Å². The molecule has 1 aliphatic carbocycles. The minimum Gasteiger partial charge on any atom is -0.383 e. The van der Waals surface area contributed by atoms with Gasteiger partial charge >= 0.3 is 6.18 Å². The van der Waals surface area contributed by atoms with Crippen molar-refractivity contribution in [3.63, 3.8) is 0 Å². The van der Waals surface area contributed by atoms with Gasteiger partial charge in [-0.15, -0.1) is 11.8 Å². The van der Waals surface area contributed by atoms with E-state index in [4.69, 9.17) is 5.73 Å². The van der Waals surface area contributed by atoms with E-state index in [1.54, 1.807) is 6.07 Å². The van der Waals surface area contributed by atoms with Gasteiger partial charge < -0.3 is 5.73 Å². The highest BCUT2D eigenvalue weighted by atomic mass is 32.2. The number of nitrogens with zero attached hydrogens (tertiary/aromatic N) is 1. The van der Waals surface area contributed by atoms with Crippen molar-refractivity contribution in [3.8, 4) is 0 Å². The van der Waals surface area contributed by atoms with Gasteiger partial charge in [-0.05, 0) is 30.0 Å². The van der Waals surface area contributed by atoms with Crippen LogP contribution >= 0.6 is 11.8 Å². The van der Waals surface area contributed by atoms with E-state index in [-0.39, 0.29) is 11.1 Å². The molecule has 33 heavy (non-hydrogen) atoms. The lowest BCUT2D eigenvalue weighted by molar-refractivity contribution is -0.142. The Balaban J connectivity index is 1.77. The van der Waals surface area contributed by atoms with Gasteiger partial charge in [-0.1, -0.05) is 79.9 Å². The number of amidine groups is 1. The molecule has 1 atom stereocenters. The number of carbonyl (C=O) groups is 1. The Morgan fingerprint density at radius 2 is 1.70 bits per heavy atom. The maximum absolute atomic E-state index is 12.7. The van der Waals surface area contributed by atoms with Crippen LogP contribution in [0.25, 0.3) is 12.2 Å². The first-order valence-corrected chi connectivity index (χ1v) is 12.2. The third-order valence-electron chi connectivity index (χ3n) is 5.51. The zero-order valence-corrected chi connectivity index (χ0v) is 19.2. The summed E-state index contributed by atoms with van der Waals surface area (Å²) in [6, 6.07) is 17.3. The number of hydrogen-bond donors (Lipinski definition) is 1. The highest BCUT2D eigenvalue weighted by Crippen LogP contribution is 2.33. The van der Waals surface area contributed by atoms with Crippen molar-refractivity contribution in [2.45, 2.75) is 61.7 Å². The molecule has 0 radical (unpaired) electrons. The second-order valence-electron chi connectivity index (χ2n) is 8.21. The molecule has 3 nitrogen and oxygen atoms in total. The van der Waals surface area contributed by atoms with Crippen LogP contribution in [0.5, 0.6) is 0 Å². The zero-order valence-electron chi connectivity index (χ0n) is 18.4. The Labute approximate surface area is 197 Å². The summed E-state index contributed by atoms with van der Waals surface area (Å²) in [5.41, 5.74) is 8.85. The number of hydrogen-bond acceptors (Lipinski definition) is 3. The van der Waals surface area contributed by atoms with Crippen LogP contribution in [0.1, 0.15) is 61.6 Å². The summed E-state index contributed by atoms with van der Waals surface area (Å²) in [6.07, 6.45) is 3.03. The molecule has 2 aromatic carbocycles. The minimum absolute atomic E-state index is 0.165. The lowest BCUT2D eigenvalue weighted by Gasteiger charge is -2.24. The van der Waals surface area contributed by atoms with Gasteiger partial charge in [0.2, 0.25) is 0 Å². The van der Waals surface area contributed by atoms with Gasteiger partial charge in [-0.2, -0.15) is 13.2 Å². The van der Waals surface area contributed by atoms with Crippen LogP contribution in [0.2, 0.25) is 0 Å². The van der Waals surface area contributed by atoms with Gasteiger partial charge in [0.1, 0.15) is 5.84 Å². The van der Waals surface area contributed by atoms with Gasteiger partial charge in [-0.25, -0.2) is 4.99 Å². The molecule has 0 saturated heterocycles. The predicted octanol–water partition coefficient (Wildman–Crippen LogP) is 6.87. The normalized spacial score (nSPS) is 16.8. The summed E-state index contributed by atoms with van der Waals surface area (Å²) in [5.74, 6) is -0.357. The van der Waals surface area contributed by atoms with E-state index in [1.165, 1.54) is 11.8 Å². The lowest BCUT2D eigenvalue weighted by Crippen LogP contribution is -2.26. The molecule has 3 rings (SSSR count). The minimum atomic E-state index is -4.37. The van der Waals surface area contributed by atoms with E-state index < -0.39 is 30.2 Å². The fourth-order valence-electron chi connectivity index (χ4n) is 3.71. The molecule has 7 heteroatoms. The topological polar surface area (TPSA) is 55.4 Å². The summed E-state index contributed by atoms with van der Waals surface area (Å²) in [6.45, 7) is 0. The van der Waals surface area contributed by atoms with Gasteiger partial charge in [-0.3, -0.25) is 4.79 Å². The van der Waals surface area contributed by atoms with Crippen LogP contribution in [0.3, 0.4) is 0 Å². The molecule has 0 aliphatic heterocycles. The quantitative estimate of drug-likeness (QED) is 0.245. The van der Waals surface area contributed by atoms with Crippen molar-refractivity contribution in [1.82, 2.24) is 0 Å². The molecule has 2 aromatic rings. The molecule has 0 aromatic heterocycles. The van der Waals surface area contributed by atoms with Crippen molar-refractivity contribution < 1.29 is 18.0 Å². The number of halogens is 3. The van der Waals surface area contributed by atoms with Crippen molar-refractivity contribution in [2.24, 2.45) is 10.7 Å². The number of aliphatic imine (C=N–C) groups is 1. The van der Waals surface area contributed by atoms with Crippen molar-refractivity contribution >= 4 is 35.5 Å². The number of rotatable bonds is 9. The fraction of sp³-hybridized carbons (Fsp3) is 0.385. The molecule has 0 bridgehead atoms. The first-order valence-electron chi connectivity index (χ1n) is 11.2. The zero-order chi connectivity index (χ0) is 23.7. The number of benzene rings is 2. The van der Waals surface area contributed by atoms with Crippen molar-refractivity contribution in [1.29, 1.82) is 0 Å². The molecule has 1 saturated carbocycles. The largest absolute Gasteiger partial charge is 0.389 e. The monoisotopic (exact) mass is 474 g/mol. The molecule has 0 amide bonds. The standard InChI is InChI=1S/C26H29F3N2OS/c27-26(28,29)17-16-23(32)25(33-22-12-5-2-6-13-22)31-24(30)21-11-7-10-20(18-21)15-14-19-8-3-1-4-9-19/h1,3-4,7-11,14-15,18,22,25H,2,5-6,12-13,16-17H2,(H2,30,31)/b15-14-. The lowest BCUT2D eigenvalue weighted by atomic mass is 10.0. The molecule has 1 aliphatic rings. The number of nitrogens with two attached hydrogens (primary N) is 1. The third kappa shape index (κ3) is 8.72. The number of ketones is 1. The van der Waals surface area contributed by atoms with E-state index in [1.807, 2.05) is 60.7 Å². The van der Waals surface area contributed by atoms with Crippen LogP contribution in [0.15, 0.2) is 59.6 Å². The third-order valence-corrected chi connectivity index (χ3v) is 6.99. The van der Waals surface area contributed by atoms with Gasteiger partial charge in [0.15, 0.2) is 11.2 Å². The Bertz CT molecular complexity index is 967. The number of thioether (sulfide) groups is 1. The average Bonchev–Trinajstić information content (AvgIpc) is 2.82. The second-order valence-corrected chi connectivity index (χ2v) is 9.60. The predicted molar refractivity (Wildman–Crippen MR) is 131 cm³/mol. The summed E-state index contributed by atoms with van der Waals surface area (Å²) < 4.78 is 38.0. The summed E-state index contributed by atoms with van der Waals surface area (Å²) in [5, 5.41) is -0.700. The van der Waals surface area contributed by atoms with Crippen LogP contribution in [0.4, 0.5) is 13.2 Å². The van der Waals surface area contributed by atoms with E-state index >= 15 is 0 Å². The van der Waals surface area contributed by atoms with Crippen molar-refractivity contribution in [3.05, 3.63) is 71.3 Å². The van der Waals surface area contributed by atoms with E-state index in [0.29, 0.717) is 5.56 Å². The Hall–Kier alpha value is -2.54. The Morgan fingerprint density at radius 3 is 2.39 bits per heavy atom. The van der Waals surface area contributed by atoms with Crippen LogP contribution in [-0.2, 0) is 4.79 Å². The molecular formula is C26H29F3N2OS. The Kier molecular flexibility index (Phi) is 9.18. The van der Waals surface area contributed by atoms with Crippen LogP contribution in [-0.4, -0.2) is 28.4 Å².